The molecule has 3 nitrogen and oxygen atoms in total. The van der Waals surface area contributed by atoms with Crippen LogP contribution in [-0.2, 0) is 0 Å². The van der Waals surface area contributed by atoms with Gasteiger partial charge in [-0.2, -0.15) is 0 Å². The number of hydrogen-bond acceptors (Lipinski definition) is 3. The Morgan fingerprint density at radius 1 is 1.11 bits per heavy atom. The maximum Gasteiger partial charge on any atom is 0.0631 e. The van der Waals surface area contributed by atoms with E-state index in [1.54, 1.807) is 0 Å². The van der Waals surface area contributed by atoms with E-state index in [0.717, 1.165) is 32.7 Å². The lowest BCUT2D eigenvalue weighted by molar-refractivity contribution is 0.0137. The average Bonchev–Trinajstić information content (AvgIpc) is 2.56. The van der Waals surface area contributed by atoms with Gasteiger partial charge in [0.05, 0.1) is 6.10 Å². The van der Waals surface area contributed by atoms with Gasteiger partial charge in [-0.25, -0.2) is 0 Å². The quantitative estimate of drug-likeness (QED) is 0.832. The molecule has 2 atom stereocenters. The van der Waals surface area contributed by atoms with Gasteiger partial charge >= 0.3 is 0 Å². The maximum absolute atomic E-state index is 10.4. The maximum atomic E-state index is 10.4. The van der Waals surface area contributed by atoms with Crippen LogP contribution in [0.3, 0.4) is 0 Å². The molecule has 2 fully saturated rings. The second-order valence-electron chi connectivity index (χ2n) is 8.19. The Labute approximate surface area is 119 Å². The lowest BCUT2D eigenvalue weighted by Gasteiger charge is -2.43. The number of nitrogens with zero attached hydrogens (tertiary/aromatic N) is 2. The van der Waals surface area contributed by atoms with Gasteiger partial charge in [-0.3, -0.25) is 4.90 Å². The summed E-state index contributed by atoms with van der Waals surface area (Å²) in [5.41, 5.74) is 0.416. The van der Waals surface area contributed by atoms with Crippen LogP contribution in [0.5, 0.6) is 0 Å². The van der Waals surface area contributed by atoms with E-state index in [2.05, 4.69) is 44.4 Å². The summed E-state index contributed by atoms with van der Waals surface area (Å²) in [5.74, 6) is 0.483. The van der Waals surface area contributed by atoms with E-state index in [0.29, 0.717) is 11.5 Å². The molecule has 2 unspecified atom stereocenters. The van der Waals surface area contributed by atoms with Crippen LogP contribution in [-0.4, -0.2) is 59.3 Å². The van der Waals surface area contributed by atoms with Gasteiger partial charge in [0, 0.05) is 38.3 Å². The summed E-state index contributed by atoms with van der Waals surface area (Å²) < 4.78 is 0. The Balaban J connectivity index is 1.81. The standard InChI is InChI=1S/C16H32N2O/c1-15(2,3)18-10-8-17(9-11-18)12-13-6-7-16(4,5)14(13)19/h13-14,19H,6-12H2,1-5H3. The number of rotatable bonds is 2. The molecular formula is C16H32N2O. The summed E-state index contributed by atoms with van der Waals surface area (Å²) in [6.45, 7) is 17.0. The van der Waals surface area contributed by atoms with E-state index in [1.807, 2.05) is 0 Å². The lowest BCUT2D eigenvalue weighted by atomic mass is 9.87. The second kappa shape index (κ2) is 5.34. The fourth-order valence-corrected chi connectivity index (χ4v) is 3.63. The second-order valence-corrected chi connectivity index (χ2v) is 8.19. The Bertz CT molecular complexity index is 300. The Hall–Kier alpha value is -0.120. The number of aliphatic hydroxyl groups is 1. The Morgan fingerprint density at radius 2 is 1.68 bits per heavy atom. The Morgan fingerprint density at radius 3 is 2.11 bits per heavy atom. The molecule has 2 rings (SSSR count). The largest absolute Gasteiger partial charge is 0.392 e. The molecule has 0 spiro atoms. The molecule has 1 heterocycles. The van der Waals surface area contributed by atoms with Crippen LogP contribution in [0.1, 0.15) is 47.5 Å². The predicted octanol–water partition coefficient (Wildman–Crippen LogP) is 2.20. The average molecular weight is 268 g/mol. The molecule has 0 aromatic heterocycles. The van der Waals surface area contributed by atoms with Crippen molar-refractivity contribution in [2.45, 2.75) is 59.1 Å². The van der Waals surface area contributed by atoms with E-state index >= 15 is 0 Å². The number of piperazine rings is 1. The summed E-state index contributed by atoms with van der Waals surface area (Å²) >= 11 is 0. The van der Waals surface area contributed by atoms with Crippen LogP contribution in [0.4, 0.5) is 0 Å². The van der Waals surface area contributed by atoms with E-state index in [9.17, 15) is 5.11 Å². The van der Waals surface area contributed by atoms with Gasteiger partial charge in [0.1, 0.15) is 0 Å². The van der Waals surface area contributed by atoms with Crippen molar-refractivity contribution >= 4 is 0 Å². The van der Waals surface area contributed by atoms with E-state index in [4.69, 9.17) is 0 Å². The van der Waals surface area contributed by atoms with Crippen molar-refractivity contribution in [2.75, 3.05) is 32.7 Å². The first-order valence-electron chi connectivity index (χ1n) is 7.86. The van der Waals surface area contributed by atoms with Gasteiger partial charge in [-0.15, -0.1) is 0 Å². The molecule has 112 valence electrons. The van der Waals surface area contributed by atoms with Gasteiger partial charge in [-0.05, 0) is 44.9 Å². The molecule has 2 aliphatic rings. The molecular weight excluding hydrogens is 236 g/mol. The minimum atomic E-state index is -0.117. The van der Waals surface area contributed by atoms with Gasteiger partial charge in [0.25, 0.3) is 0 Å². The van der Waals surface area contributed by atoms with E-state index in [-0.39, 0.29) is 11.5 Å². The molecule has 1 saturated heterocycles. The SMILES string of the molecule is CC1(C)CCC(CN2CCN(C(C)(C)C)CC2)C1O. The molecule has 1 aliphatic heterocycles. The molecule has 0 aromatic carbocycles. The highest BCUT2D eigenvalue weighted by molar-refractivity contribution is 4.93. The number of hydrogen-bond donors (Lipinski definition) is 1. The third-order valence-corrected chi connectivity index (χ3v) is 5.22. The summed E-state index contributed by atoms with van der Waals surface area (Å²) in [6.07, 6.45) is 2.24. The molecule has 19 heavy (non-hydrogen) atoms. The first-order chi connectivity index (χ1) is 8.70. The molecule has 0 radical (unpaired) electrons. The summed E-state index contributed by atoms with van der Waals surface area (Å²) in [6, 6.07) is 0. The zero-order valence-electron chi connectivity index (χ0n) is 13.4. The van der Waals surface area contributed by atoms with Crippen molar-refractivity contribution in [3.63, 3.8) is 0 Å². The monoisotopic (exact) mass is 268 g/mol. The zero-order chi connectivity index (χ0) is 14.3. The van der Waals surface area contributed by atoms with Gasteiger partial charge in [-0.1, -0.05) is 13.8 Å². The highest BCUT2D eigenvalue weighted by Crippen LogP contribution is 2.41. The smallest absolute Gasteiger partial charge is 0.0631 e. The van der Waals surface area contributed by atoms with Crippen LogP contribution in [0.15, 0.2) is 0 Å². The third kappa shape index (κ3) is 3.50. The Kier molecular flexibility index (Phi) is 4.29. The fraction of sp³-hybridized carbons (Fsp3) is 1.00. The molecule has 0 aromatic rings. The zero-order valence-corrected chi connectivity index (χ0v) is 13.4. The molecule has 0 bridgehead atoms. The van der Waals surface area contributed by atoms with Crippen molar-refractivity contribution in [2.24, 2.45) is 11.3 Å². The van der Waals surface area contributed by atoms with Crippen LogP contribution >= 0.6 is 0 Å². The molecule has 3 heteroatoms. The van der Waals surface area contributed by atoms with Crippen molar-refractivity contribution in [3.8, 4) is 0 Å². The highest BCUT2D eigenvalue weighted by Gasteiger charge is 2.41. The van der Waals surface area contributed by atoms with Crippen molar-refractivity contribution < 1.29 is 5.11 Å². The van der Waals surface area contributed by atoms with Crippen molar-refractivity contribution in [1.29, 1.82) is 0 Å². The fourth-order valence-electron chi connectivity index (χ4n) is 3.63. The summed E-state index contributed by atoms with van der Waals surface area (Å²) in [4.78, 5) is 5.12. The topological polar surface area (TPSA) is 26.7 Å². The highest BCUT2D eigenvalue weighted by atomic mass is 16.3. The summed E-state index contributed by atoms with van der Waals surface area (Å²) in [7, 11) is 0. The van der Waals surface area contributed by atoms with Crippen LogP contribution in [0.25, 0.3) is 0 Å². The van der Waals surface area contributed by atoms with E-state index < -0.39 is 0 Å². The first kappa shape index (κ1) is 15.3. The molecule has 1 aliphatic carbocycles. The minimum Gasteiger partial charge on any atom is -0.392 e. The van der Waals surface area contributed by atoms with Crippen LogP contribution in [0.2, 0.25) is 0 Å². The number of aliphatic hydroxyl groups excluding tert-OH is 1. The van der Waals surface area contributed by atoms with Gasteiger partial charge in [0.2, 0.25) is 0 Å². The molecule has 0 amide bonds. The van der Waals surface area contributed by atoms with Gasteiger partial charge in [0.15, 0.2) is 0 Å². The van der Waals surface area contributed by atoms with Crippen molar-refractivity contribution in [3.05, 3.63) is 0 Å². The normalized spacial score (nSPS) is 33.8. The van der Waals surface area contributed by atoms with Gasteiger partial charge < -0.3 is 10.0 Å². The molecule has 1 saturated carbocycles. The van der Waals surface area contributed by atoms with Crippen LogP contribution in [0, 0.1) is 11.3 Å². The predicted molar refractivity (Wildman–Crippen MR) is 80.3 cm³/mol. The van der Waals surface area contributed by atoms with E-state index in [1.165, 1.54) is 12.8 Å². The summed E-state index contributed by atoms with van der Waals surface area (Å²) in [5, 5.41) is 10.4. The van der Waals surface area contributed by atoms with Crippen molar-refractivity contribution in [1.82, 2.24) is 9.80 Å². The minimum absolute atomic E-state index is 0.117. The first-order valence-corrected chi connectivity index (χ1v) is 7.86. The molecule has 1 N–H and O–H groups in total. The lowest BCUT2D eigenvalue weighted by Crippen LogP contribution is -2.54. The third-order valence-electron chi connectivity index (χ3n) is 5.22. The van der Waals surface area contributed by atoms with Crippen LogP contribution < -0.4 is 0 Å².